The molecule has 1 aromatic rings. The summed E-state index contributed by atoms with van der Waals surface area (Å²) in [5, 5.41) is 0. The lowest BCUT2D eigenvalue weighted by atomic mass is 10.1. The van der Waals surface area contributed by atoms with E-state index in [0.29, 0.717) is 5.56 Å². The van der Waals surface area contributed by atoms with Crippen molar-refractivity contribution >= 4 is 11.8 Å². The van der Waals surface area contributed by atoms with Crippen LogP contribution in [0.5, 0.6) is 0 Å². The lowest BCUT2D eigenvalue weighted by Crippen LogP contribution is -2.23. The highest BCUT2D eigenvalue weighted by molar-refractivity contribution is 5.67. The molecular formula is C13H16F3N. The second kappa shape index (κ2) is 5.25. The van der Waals surface area contributed by atoms with Crippen molar-refractivity contribution in [3.05, 3.63) is 35.9 Å². The molecule has 0 spiro atoms. The summed E-state index contributed by atoms with van der Waals surface area (Å²) in [4.78, 5) is 2.00. The third-order valence-corrected chi connectivity index (χ3v) is 2.68. The van der Waals surface area contributed by atoms with E-state index < -0.39 is 11.7 Å². The Morgan fingerprint density at radius 2 is 1.82 bits per heavy atom. The van der Waals surface area contributed by atoms with Crippen LogP contribution in [-0.2, 0) is 6.18 Å². The molecule has 0 saturated heterocycles. The molecule has 4 heteroatoms. The first-order valence-electron chi connectivity index (χ1n) is 5.52. The van der Waals surface area contributed by atoms with E-state index in [2.05, 4.69) is 6.58 Å². The van der Waals surface area contributed by atoms with Crippen molar-refractivity contribution in [1.29, 1.82) is 0 Å². The summed E-state index contributed by atoms with van der Waals surface area (Å²) in [6.07, 6.45) is -2.84. The molecule has 0 aliphatic carbocycles. The van der Waals surface area contributed by atoms with Gasteiger partial charge in [-0.3, -0.25) is 0 Å². The van der Waals surface area contributed by atoms with Crippen LogP contribution in [0.4, 0.5) is 18.9 Å². The van der Waals surface area contributed by atoms with Crippen LogP contribution in [0.3, 0.4) is 0 Å². The molecular weight excluding hydrogens is 227 g/mol. The number of rotatable bonds is 4. The van der Waals surface area contributed by atoms with E-state index in [4.69, 9.17) is 0 Å². The lowest BCUT2D eigenvalue weighted by molar-refractivity contribution is -0.137. The maximum absolute atomic E-state index is 12.6. The van der Waals surface area contributed by atoms with Crippen molar-refractivity contribution in [2.45, 2.75) is 20.0 Å². The number of anilines is 1. The van der Waals surface area contributed by atoms with Gasteiger partial charge in [-0.25, -0.2) is 0 Å². The Balaban J connectivity index is 3.23. The van der Waals surface area contributed by atoms with Gasteiger partial charge in [0.15, 0.2) is 0 Å². The third kappa shape index (κ3) is 3.02. The molecule has 0 saturated carbocycles. The molecule has 0 amide bonds. The van der Waals surface area contributed by atoms with E-state index >= 15 is 0 Å². The molecule has 94 valence electrons. The summed E-state index contributed by atoms with van der Waals surface area (Å²) < 4.78 is 37.7. The maximum Gasteiger partial charge on any atom is 0.416 e. The largest absolute Gasteiger partial charge is 0.416 e. The number of halogens is 3. The van der Waals surface area contributed by atoms with Gasteiger partial charge >= 0.3 is 6.18 Å². The van der Waals surface area contributed by atoms with E-state index in [9.17, 15) is 13.2 Å². The van der Waals surface area contributed by atoms with Crippen molar-refractivity contribution in [1.82, 2.24) is 0 Å². The lowest BCUT2D eigenvalue weighted by Gasteiger charge is -2.24. The van der Waals surface area contributed by atoms with Gasteiger partial charge in [-0.1, -0.05) is 12.7 Å². The summed E-state index contributed by atoms with van der Waals surface area (Å²) in [6.45, 7) is 9.01. The van der Waals surface area contributed by atoms with E-state index in [1.54, 1.807) is 0 Å². The summed E-state index contributed by atoms with van der Waals surface area (Å²) in [5.74, 6) is 0. The number of benzene rings is 1. The Labute approximate surface area is 99.6 Å². The van der Waals surface area contributed by atoms with Gasteiger partial charge in [-0.05, 0) is 37.6 Å². The zero-order chi connectivity index (χ0) is 13.1. The summed E-state index contributed by atoms with van der Waals surface area (Å²) in [5.41, 5.74) is 0.671. The van der Waals surface area contributed by atoms with E-state index in [-0.39, 0.29) is 0 Å². The molecule has 1 nitrogen and oxygen atoms in total. The molecule has 1 rings (SSSR count). The van der Waals surface area contributed by atoms with Crippen molar-refractivity contribution in [3.8, 4) is 0 Å². The quantitative estimate of drug-likeness (QED) is 0.766. The first-order chi connectivity index (χ1) is 7.93. The van der Waals surface area contributed by atoms with Crippen molar-refractivity contribution in [3.63, 3.8) is 0 Å². The Kier molecular flexibility index (Phi) is 4.21. The molecule has 0 radical (unpaired) electrons. The van der Waals surface area contributed by atoms with Gasteiger partial charge in [0.05, 0.1) is 5.56 Å². The highest BCUT2D eigenvalue weighted by Gasteiger charge is 2.30. The van der Waals surface area contributed by atoms with Crippen LogP contribution in [0.15, 0.2) is 24.8 Å². The number of nitrogens with zero attached hydrogens (tertiary/aromatic N) is 1. The average Bonchev–Trinajstić information content (AvgIpc) is 2.29. The van der Waals surface area contributed by atoms with E-state index in [1.165, 1.54) is 12.1 Å². The molecule has 0 aliphatic rings. The van der Waals surface area contributed by atoms with Crippen LogP contribution in [0, 0.1) is 0 Å². The molecule has 0 aliphatic heterocycles. The van der Waals surface area contributed by atoms with Crippen LogP contribution < -0.4 is 4.90 Å². The highest BCUT2D eigenvalue weighted by atomic mass is 19.4. The fourth-order valence-corrected chi connectivity index (χ4v) is 1.75. The standard InChI is InChI=1S/C13H16F3N/c1-4-10-9-11(13(14,15)16)7-8-12(10)17(5-2)6-3/h4,7-9H,1,5-6H2,2-3H3. The Morgan fingerprint density at radius 3 is 2.24 bits per heavy atom. The van der Waals surface area contributed by atoms with Crippen LogP contribution >= 0.6 is 0 Å². The minimum atomic E-state index is -4.31. The minimum absolute atomic E-state index is 0.517. The van der Waals surface area contributed by atoms with Crippen molar-refractivity contribution in [2.75, 3.05) is 18.0 Å². The van der Waals surface area contributed by atoms with Crippen LogP contribution in [0.25, 0.3) is 6.08 Å². The third-order valence-electron chi connectivity index (χ3n) is 2.68. The molecule has 0 bridgehead atoms. The van der Waals surface area contributed by atoms with E-state index in [0.717, 1.165) is 30.9 Å². The topological polar surface area (TPSA) is 3.24 Å². The van der Waals surface area contributed by atoms with Crippen LogP contribution in [0.1, 0.15) is 25.0 Å². The summed E-state index contributed by atoms with van der Waals surface area (Å²) in [6, 6.07) is 3.76. The molecule has 17 heavy (non-hydrogen) atoms. The zero-order valence-electron chi connectivity index (χ0n) is 10.0. The predicted octanol–water partition coefficient (Wildman–Crippen LogP) is 4.19. The van der Waals surface area contributed by atoms with E-state index in [1.807, 2.05) is 18.7 Å². The van der Waals surface area contributed by atoms with Gasteiger partial charge in [-0.15, -0.1) is 0 Å². The SMILES string of the molecule is C=Cc1cc(C(F)(F)F)ccc1N(CC)CC. The average molecular weight is 243 g/mol. The molecule has 0 N–H and O–H groups in total. The van der Waals surface area contributed by atoms with Crippen LogP contribution in [0.2, 0.25) is 0 Å². The minimum Gasteiger partial charge on any atom is -0.372 e. The van der Waals surface area contributed by atoms with Gasteiger partial charge in [0, 0.05) is 18.8 Å². The van der Waals surface area contributed by atoms with Crippen molar-refractivity contribution < 1.29 is 13.2 Å². The van der Waals surface area contributed by atoms with Crippen LogP contribution in [-0.4, -0.2) is 13.1 Å². The number of hydrogen-bond donors (Lipinski definition) is 0. The predicted molar refractivity (Wildman–Crippen MR) is 65.1 cm³/mol. The van der Waals surface area contributed by atoms with Crippen molar-refractivity contribution in [2.24, 2.45) is 0 Å². The summed E-state index contributed by atoms with van der Waals surface area (Å²) >= 11 is 0. The Bertz CT molecular complexity index is 392. The van der Waals surface area contributed by atoms with Gasteiger partial charge in [0.2, 0.25) is 0 Å². The molecule has 0 fully saturated rings. The van der Waals surface area contributed by atoms with Gasteiger partial charge in [-0.2, -0.15) is 13.2 Å². The van der Waals surface area contributed by atoms with Gasteiger partial charge in [0.25, 0.3) is 0 Å². The van der Waals surface area contributed by atoms with Gasteiger partial charge < -0.3 is 4.90 Å². The number of alkyl halides is 3. The second-order valence-electron chi connectivity index (χ2n) is 3.65. The smallest absolute Gasteiger partial charge is 0.372 e. The first-order valence-corrected chi connectivity index (χ1v) is 5.52. The monoisotopic (exact) mass is 243 g/mol. The second-order valence-corrected chi connectivity index (χ2v) is 3.65. The summed E-state index contributed by atoms with van der Waals surface area (Å²) in [7, 11) is 0. The van der Waals surface area contributed by atoms with Gasteiger partial charge in [0.1, 0.15) is 0 Å². The molecule has 1 aromatic carbocycles. The Morgan fingerprint density at radius 1 is 1.24 bits per heavy atom. The fraction of sp³-hybridized carbons (Fsp3) is 0.385. The first kappa shape index (κ1) is 13.6. The highest BCUT2D eigenvalue weighted by Crippen LogP contribution is 2.33. The molecule has 0 atom stereocenters. The normalized spacial score (nSPS) is 11.4. The Hall–Kier alpha value is -1.45. The number of hydrogen-bond acceptors (Lipinski definition) is 1. The molecule has 0 unspecified atom stereocenters. The maximum atomic E-state index is 12.6. The molecule has 0 heterocycles. The molecule has 0 aromatic heterocycles. The fourth-order valence-electron chi connectivity index (χ4n) is 1.75. The zero-order valence-corrected chi connectivity index (χ0v) is 10.0.